The van der Waals surface area contributed by atoms with Gasteiger partial charge in [0.1, 0.15) is 0 Å². The Labute approximate surface area is 92.6 Å². The first-order valence-electron chi connectivity index (χ1n) is 3.66. The summed E-state index contributed by atoms with van der Waals surface area (Å²) in [6, 6.07) is 3.58. The molecular weight excluding hydrogens is 238 g/mol. The van der Waals surface area contributed by atoms with Gasteiger partial charge in [-0.05, 0) is 23.7 Å². The highest BCUT2D eigenvalue weighted by atomic mass is 32.1. The quantitative estimate of drug-likeness (QED) is 0.797. The average Bonchev–Trinajstić information content (AvgIpc) is 2.75. The number of nitrogens with zero attached hydrogens (tertiary/aromatic N) is 1. The van der Waals surface area contributed by atoms with E-state index in [0.29, 0.717) is 14.0 Å². The number of H-pyrrole nitrogens is 1. The number of rotatable bonds is 2. The van der Waals surface area contributed by atoms with Crippen LogP contribution < -0.4 is 5.32 Å². The van der Waals surface area contributed by atoms with Crippen molar-refractivity contribution in [1.82, 2.24) is 10.2 Å². The van der Waals surface area contributed by atoms with Crippen molar-refractivity contribution in [3.05, 3.63) is 26.3 Å². The van der Waals surface area contributed by atoms with Gasteiger partial charge in [-0.2, -0.15) is 0 Å². The van der Waals surface area contributed by atoms with Crippen LogP contribution in [-0.4, -0.2) is 16.1 Å². The first-order valence-corrected chi connectivity index (χ1v) is 5.76. The average molecular weight is 243 g/mol. The predicted octanol–water partition coefficient (Wildman–Crippen LogP) is 2.51. The molecule has 0 fully saturated rings. The maximum atomic E-state index is 11.5. The van der Waals surface area contributed by atoms with Gasteiger partial charge in [-0.15, -0.1) is 16.4 Å². The minimum absolute atomic E-state index is 0.155. The van der Waals surface area contributed by atoms with E-state index in [4.69, 9.17) is 12.2 Å². The Balaban J connectivity index is 2.13. The first-order chi connectivity index (χ1) is 6.75. The van der Waals surface area contributed by atoms with Crippen LogP contribution in [0.2, 0.25) is 0 Å². The monoisotopic (exact) mass is 243 g/mol. The maximum absolute atomic E-state index is 11.5. The topological polar surface area (TPSA) is 57.8 Å². The van der Waals surface area contributed by atoms with Crippen LogP contribution in [0, 0.1) is 3.95 Å². The van der Waals surface area contributed by atoms with E-state index in [-0.39, 0.29) is 5.91 Å². The molecule has 14 heavy (non-hydrogen) atoms. The Morgan fingerprint density at radius 2 is 2.50 bits per heavy atom. The fraction of sp³-hybridized carbons (Fsp3) is 0. The van der Waals surface area contributed by atoms with Crippen molar-refractivity contribution in [3.8, 4) is 0 Å². The van der Waals surface area contributed by atoms with Crippen molar-refractivity contribution in [1.29, 1.82) is 0 Å². The fourth-order valence-corrected chi connectivity index (χ4v) is 2.25. The van der Waals surface area contributed by atoms with Crippen molar-refractivity contribution in [2.45, 2.75) is 0 Å². The second-order valence-corrected chi connectivity index (χ2v) is 4.96. The lowest BCUT2D eigenvalue weighted by molar-refractivity contribution is 0.103. The third-order valence-corrected chi connectivity index (χ3v) is 3.28. The van der Waals surface area contributed by atoms with Crippen LogP contribution >= 0.6 is 34.9 Å². The number of aromatic nitrogens is 2. The van der Waals surface area contributed by atoms with Gasteiger partial charge in [0.15, 0.2) is 3.95 Å². The number of hydrogen-bond donors (Lipinski definition) is 2. The molecule has 0 unspecified atom stereocenters. The molecule has 0 atom stereocenters. The van der Waals surface area contributed by atoms with Gasteiger partial charge in [0.25, 0.3) is 5.91 Å². The highest BCUT2D eigenvalue weighted by Crippen LogP contribution is 2.14. The molecule has 0 aliphatic rings. The predicted molar refractivity (Wildman–Crippen MR) is 59.6 cm³/mol. The maximum Gasteiger partial charge on any atom is 0.267 e. The van der Waals surface area contributed by atoms with Crippen molar-refractivity contribution < 1.29 is 4.79 Å². The van der Waals surface area contributed by atoms with Gasteiger partial charge in [-0.3, -0.25) is 15.2 Å². The van der Waals surface area contributed by atoms with Gasteiger partial charge in [0.05, 0.1) is 4.88 Å². The number of amides is 1. The van der Waals surface area contributed by atoms with E-state index >= 15 is 0 Å². The minimum Gasteiger partial charge on any atom is -0.296 e. The first kappa shape index (κ1) is 9.50. The van der Waals surface area contributed by atoms with Crippen LogP contribution in [0.5, 0.6) is 0 Å². The van der Waals surface area contributed by atoms with Gasteiger partial charge >= 0.3 is 0 Å². The summed E-state index contributed by atoms with van der Waals surface area (Å²) < 4.78 is 0.548. The van der Waals surface area contributed by atoms with Crippen molar-refractivity contribution in [2.75, 3.05) is 5.32 Å². The van der Waals surface area contributed by atoms with E-state index < -0.39 is 0 Å². The molecule has 7 heteroatoms. The Hall–Kier alpha value is -1.05. The summed E-state index contributed by atoms with van der Waals surface area (Å²) in [5.41, 5.74) is 0. The molecule has 2 aromatic heterocycles. The van der Waals surface area contributed by atoms with Gasteiger partial charge < -0.3 is 0 Å². The summed E-state index contributed by atoms with van der Waals surface area (Å²) in [6.45, 7) is 0. The lowest BCUT2D eigenvalue weighted by Crippen LogP contribution is -2.09. The number of nitrogens with one attached hydrogen (secondary N) is 2. The highest BCUT2D eigenvalue weighted by molar-refractivity contribution is 7.73. The molecule has 0 saturated carbocycles. The Bertz CT molecular complexity index is 484. The van der Waals surface area contributed by atoms with Crippen molar-refractivity contribution in [2.24, 2.45) is 0 Å². The number of thiophene rings is 1. The molecule has 0 spiro atoms. The fourth-order valence-electron chi connectivity index (χ4n) is 0.850. The Morgan fingerprint density at radius 1 is 1.64 bits per heavy atom. The van der Waals surface area contributed by atoms with Crippen LogP contribution in [0.4, 0.5) is 5.13 Å². The molecule has 72 valence electrons. The molecule has 2 aromatic rings. The van der Waals surface area contributed by atoms with E-state index in [9.17, 15) is 4.79 Å². The number of aromatic amines is 1. The molecule has 0 aliphatic carbocycles. The van der Waals surface area contributed by atoms with Crippen LogP contribution in [-0.2, 0) is 0 Å². The van der Waals surface area contributed by atoms with E-state index in [0.717, 1.165) is 0 Å². The lowest BCUT2D eigenvalue weighted by Gasteiger charge is -1.95. The van der Waals surface area contributed by atoms with E-state index in [1.165, 1.54) is 22.7 Å². The standard InChI is InChI=1S/C7H5N3OS3/c11-5(4-2-1-3-13-4)8-6-9-10-7(12)14-6/h1-3H,(H,10,12)(H,8,9,11). The molecule has 0 bridgehead atoms. The van der Waals surface area contributed by atoms with E-state index in [2.05, 4.69) is 15.5 Å². The van der Waals surface area contributed by atoms with Crippen LogP contribution in [0.25, 0.3) is 0 Å². The van der Waals surface area contributed by atoms with Gasteiger partial charge in [-0.25, -0.2) is 0 Å². The van der Waals surface area contributed by atoms with Crippen LogP contribution in [0.1, 0.15) is 9.67 Å². The summed E-state index contributed by atoms with van der Waals surface area (Å²) >= 11 is 7.46. The highest BCUT2D eigenvalue weighted by Gasteiger charge is 2.08. The molecule has 2 heterocycles. The largest absolute Gasteiger partial charge is 0.296 e. The van der Waals surface area contributed by atoms with Gasteiger partial charge in [-0.1, -0.05) is 17.4 Å². The van der Waals surface area contributed by atoms with Gasteiger partial charge in [0, 0.05) is 0 Å². The summed E-state index contributed by atoms with van der Waals surface area (Å²) in [6.07, 6.45) is 0. The number of carbonyl (C=O) groups excluding carboxylic acids is 1. The zero-order chi connectivity index (χ0) is 9.97. The smallest absolute Gasteiger partial charge is 0.267 e. The third kappa shape index (κ3) is 2.06. The normalized spacial score (nSPS) is 10.0. The molecule has 2 rings (SSSR count). The lowest BCUT2D eigenvalue weighted by atomic mass is 10.4. The Morgan fingerprint density at radius 3 is 3.07 bits per heavy atom. The van der Waals surface area contributed by atoms with Crippen molar-refractivity contribution in [3.63, 3.8) is 0 Å². The second kappa shape index (κ2) is 3.99. The zero-order valence-corrected chi connectivity index (χ0v) is 9.26. The SMILES string of the molecule is O=C(Nc1n[nH]c(=S)s1)c1cccs1. The second-order valence-electron chi connectivity index (χ2n) is 2.35. The number of hydrogen-bond acceptors (Lipinski definition) is 5. The van der Waals surface area contributed by atoms with Gasteiger partial charge in [0.2, 0.25) is 5.13 Å². The molecule has 2 N–H and O–H groups in total. The number of anilines is 1. The van der Waals surface area contributed by atoms with Crippen LogP contribution in [0.3, 0.4) is 0 Å². The number of carbonyl (C=O) groups is 1. The minimum atomic E-state index is -0.155. The summed E-state index contributed by atoms with van der Waals surface area (Å²) in [7, 11) is 0. The summed E-state index contributed by atoms with van der Waals surface area (Å²) in [4.78, 5) is 12.2. The Kier molecular flexibility index (Phi) is 2.71. The van der Waals surface area contributed by atoms with Crippen molar-refractivity contribution >= 4 is 45.9 Å². The van der Waals surface area contributed by atoms with E-state index in [1.807, 2.05) is 11.4 Å². The molecule has 1 amide bonds. The molecule has 0 radical (unpaired) electrons. The van der Waals surface area contributed by atoms with Crippen LogP contribution in [0.15, 0.2) is 17.5 Å². The summed E-state index contributed by atoms with van der Waals surface area (Å²) in [5.74, 6) is -0.155. The molecule has 0 aromatic carbocycles. The third-order valence-electron chi connectivity index (χ3n) is 1.40. The molecular formula is C7H5N3OS3. The van der Waals surface area contributed by atoms with E-state index in [1.54, 1.807) is 6.07 Å². The molecule has 0 saturated heterocycles. The molecule has 4 nitrogen and oxygen atoms in total. The summed E-state index contributed by atoms with van der Waals surface area (Å²) in [5, 5.41) is 11.4. The zero-order valence-electron chi connectivity index (χ0n) is 6.81. The molecule has 0 aliphatic heterocycles.